The van der Waals surface area contributed by atoms with E-state index in [1.165, 1.54) is 12.1 Å². The highest BCUT2D eigenvalue weighted by Crippen LogP contribution is 2.30. The summed E-state index contributed by atoms with van der Waals surface area (Å²) in [7, 11) is 0. The number of likely N-dealkylation sites (tertiary alicyclic amines) is 1. The summed E-state index contributed by atoms with van der Waals surface area (Å²) < 4.78 is 42.9. The van der Waals surface area contributed by atoms with Crippen molar-refractivity contribution in [1.29, 1.82) is 0 Å². The lowest BCUT2D eigenvalue weighted by Gasteiger charge is -2.31. The molecule has 3 rings (SSSR count). The van der Waals surface area contributed by atoms with Gasteiger partial charge in [-0.25, -0.2) is 0 Å². The van der Waals surface area contributed by atoms with Gasteiger partial charge in [0.15, 0.2) is 5.78 Å². The molecular weight excluding hydrogens is 319 g/mol. The second-order valence-corrected chi connectivity index (χ2v) is 6.15. The van der Waals surface area contributed by atoms with Crippen LogP contribution in [0, 0.1) is 5.92 Å². The fraction of sp³-hybridized carbons (Fsp3) is 0.389. The molecule has 1 fully saturated rings. The first-order valence-corrected chi connectivity index (χ1v) is 7.88. The van der Waals surface area contributed by atoms with Gasteiger partial charge in [-0.2, -0.15) is 13.2 Å². The highest BCUT2D eigenvalue weighted by atomic mass is 19.4. The molecule has 1 atom stereocenters. The Morgan fingerprint density at radius 3 is 2.58 bits per heavy atom. The quantitative estimate of drug-likeness (QED) is 0.776. The molecular formula is C18H18F3NO2. The van der Waals surface area contributed by atoms with Crippen molar-refractivity contribution in [1.82, 2.24) is 4.90 Å². The van der Waals surface area contributed by atoms with E-state index in [1.54, 1.807) is 12.5 Å². The number of hydrogen-bond acceptors (Lipinski definition) is 3. The van der Waals surface area contributed by atoms with Crippen molar-refractivity contribution in [2.45, 2.75) is 25.6 Å². The van der Waals surface area contributed by atoms with Crippen molar-refractivity contribution in [3.05, 3.63) is 59.5 Å². The Morgan fingerprint density at radius 2 is 1.96 bits per heavy atom. The molecule has 0 unspecified atom stereocenters. The molecule has 1 aliphatic heterocycles. The molecule has 1 aromatic heterocycles. The Hall–Kier alpha value is -2.08. The van der Waals surface area contributed by atoms with E-state index in [2.05, 4.69) is 4.90 Å². The number of benzene rings is 1. The second kappa shape index (κ2) is 6.81. The number of carbonyl (C=O) groups is 1. The molecule has 1 aromatic carbocycles. The van der Waals surface area contributed by atoms with E-state index in [1.807, 2.05) is 6.07 Å². The van der Waals surface area contributed by atoms with E-state index >= 15 is 0 Å². The van der Waals surface area contributed by atoms with E-state index in [-0.39, 0.29) is 11.7 Å². The molecule has 3 nitrogen and oxygen atoms in total. The average molecular weight is 337 g/mol. The van der Waals surface area contributed by atoms with Crippen LogP contribution in [0.25, 0.3) is 0 Å². The van der Waals surface area contributed by atoms with Crippen LogP contribution >= 0.6 is 0 Å². The van der Waals surface area contributed by atoms with E-state index in [4.69, 9.17) is 4.42 Å². The van der Waals surface area contributed by atoms with Crippen molar-refractivity contribution in [3.63, 3.8) is 0 Å². The summed E-state index contributed by atoms with van der Waals surface area (Å²) in [5, 5.41) is 0. The molecule has 0 N–H and O–H groups in total. The minimum atomic E-state index is -4.38. The number of Topliss-reactive ketones (excluding diaryl/α,β-unsaturated/α-hetero) is 1. The monoisotopic (exact) mass is 337 g/mol. The highest BCUT2D eigenvalue weighted by molar-refractivity contribution is 5.98. The van der Waals surface area contributed by atoms with Crippen molar-refractivity contribution in [2.24, 2.45) is 5.92 Å². The number of furan rings is 1. The van der Waals surface area contributed by atoms with Gasteiger partial charge in [-0.15, -0.1) is 0 Å². The van der Waals surface area contributed by atoms with Gasteiger partial charge in [-0.3, -0.25) is 9.69 Å². The maximum absolute atomic E-state index is 12.6. The third-order valence-corrected chi connectivity index (χ3v) is 4.36. The largest absolute Gasteiger partial charge is 0.472 e. The Kier molecular flexibility index (Phi) is 4.76. The van der Waals surface area contributed by atoms with Crippen LogP contribution in [0.4, 0.5) is 13.2 Å². The number of carbonyl (C=O) groups excluding carboxylic acids is 1. The summed E-state index contributed by atoms with van der Waals surface area (Å²) in [6.07, 6.45) is 0.579. The third-order valence-electron chi connectivity index (χ3n) is 4.36. The van der Waals surface area contributed by atoms with Crippen molar-refractivity contribution in [2.75, 3.05) is 13.1 Å². The van der Waals surface area contributed by atoms with Gasteiger partial charge in [0, 0.05) is 30.1 Å². The van der Waals surface area contributed by atoms with Crippen LogP contribution in [0.2, 0.25) is 0 Å². The van der Waals surface area contributed by atoms with Crippen molar-refractivity contribution >= 4 is 5.78 Å². The zero-order valence-corrected chi connectivity index (χ0v) is 13.1. The predicted octanol–water partition coefficient (Wildman–Crippen LogP) is 4.39. The number of alkyl halides is 3. The third kappa shape index (κ3) is 3.87. The van der Waals surface area contributed by atoms with E-state index in [0.717, 1.165) is 37.1 Å². The number of ketones is 1. The minimum Gasteiger partial charge on any atom is -0.472 e. The summed E-state index contributed by atoms with van der Waals surface area (Å²) >= 11 is 0. The van der Waals surface area contributed by atoms with Crippen LogP contribution in [-0.4, -0.2) is 23.8 Å². The molecule has 2 heterocycles. The van der Waals surface area contributed by atoms with Gasteiger partial charge >= 0.3 is 6.18 Å². The van der Waals surface area contributed by atoms with Gasteiger partial charge in [-0.1, -0.05) is 12.1 Å². The number of halogens is 3. The molecule has 0 bridgehead atoms. The molecule has 0 saturated carbocycles. The van der Waals surface area contributed by atoms with Gasteiger partial charge in [0.25, 0.3) is 0 Å². The summed E-state index contributed by atoms with van der Waals surface area (Å²) in [4.78, 5) is 14.8. The van der Waals surface area contributed by atoms with Crippen LogP contribution in [-0.2, 0) is 12.7 Å². The Balaban J connectivity index is 1.65. The zero-order chi connectivity index (χ0) is 17.2. The Morgan fingerprint density at radius 1 is 1.21 bits per heavy atom. The molecule has 0 amide bonds. The molecule has 0 spiro atoms. The molecule has 2 aromatic rings. The van der Waals surface area contributed by atoms with E-state index < -0.39 is 11.7 Å². The lowest BCUT2D eigenvalue weighted by molar-refractivity contribution is -0.137. The van der Waals surface area contributed by atoms with Crippen molar-refractivity contribution < 1.29 is 22.4 Å². The Bertz CT molecular complexity index is 677. The average Bonchev–Trinajstić information content (AvgIpc) is 3.07. The maximum atomic E-state index is 12.6. The van der Waals surface area contributed by atoms with Crippen LogP contribution in [0.3, 0.4) is 0 Å². The molecule has 1 saturated heterocycles. The fourth-order valence-electron chi connectivity index (χ4n) is 3.11. The highest BCUT2D eigenvalue weighted by Gasteiger charge is 2.31. The van der Waals surface area contributed by atoms with E-state index in [0.29, 0.717) is 18.7 Å². The van der Waals surface area contributed by atoms with Gasteiger partial charge in [0.1, 0.15) is 0 Å². The standard InChI is InChI=1S/C18H18F3NO2/c19-18(20,21)16-5-3-14(4-6-16)17(23)15-2-1-8-22(11-15)10-13-7-9-24-12-13/h3-7,9,12,15H,1-2,8,10-11H2/t15-/m1/s1. The normalized spacial score (nSPS) is 19.4. The topological polar surface area (TPSA) is 33.5 Å². The first-order chi connectivity index (χ1) is 11.4. The van der Waals surface area contributed by atoms with Gasteiger partial charge in [-0.05, 0) is 37.6 Å². The van der Waals surface area contributed by atoms with Crippen LogP contribution in [0.1, 0.15) is 34.3 Å². The second-order valence-electron chi connectivity index (χ2n) is 6.15. The molecule has 128 valence electrons. The first kappa shape index (κ1) is 16.8. The molecule has 24 heavy (non-hydrogen) atoms. The number of nitrogens with zero attached hydrogens (tertiary/aromatic N) is 1. The lowest BCUT2D eigenvalue weighted by Crippen LogP contribution is -2.38. The van der Waals surface area contributed by atoms with Gasteiger partial charge in [0.05, 0.1) is 18.1 Å². The van der Waals surface area contributed by atoms with Crippen LogP contribution in [0.15, 0.2) is 47.3 Å². The maximum Gasteiger partial charge on any atom is 0.416 e. The molecule has 1 aliphatic rings. The summed E-state index contributed by atoms with van der Waals surface area (Å²) in [6, 6.07) is 6.39. The Labute approximate surface area is 138 Å². The van der Waals surface area contributed by atoms with E-state index in [9.17, 15) is 18.0 Å². The van der Waals surface area contributed by atoms with Crippen LogP contribution < -0.4 is 0 Å². The fourth-order valence-corrected chi connectivity index (χ4v) is 3.11. The van der Waals surface area contributed by atoms with Crippen molar-refractivity contribution in [3.8, 4) is 0 Å². The predicted molar refractivity (Wildman–Crippen MR) is 82.5 cm³/mol. The number of rotatable bonds is 4. The summed E-state index contributed by atoms with van der Waals surface area (Å²) in [5.74, 6) is -0.261. The number of piperidine rings is 1. The molecule has 0 radical (unpaired) electrons. The first-order valence-electron chi connectivity index (χ1n) is 7.88. The van der Waals surface area contributed by atoms with Gasteiger partial charge < -0.3 is 4.42 Å². The molecule has 0 aliphatic carbocycles. The smallest absolute Gasteiger partial charge is 0.416 e. The SMILES string of the molecule is O=C(c1ccc(C(F)(F)F)cc1)[C@@H]1CCCN(Cc2ccoc2)C1. The summed E-state index contributed by atoms with van der Waals surface area (Å²) in [6.45, 7) is 2.24. The zero-order valence-electron chi connectivity index (χ0n) is 13.1. The van der Waals surface area contributed by atoms with Gasteiger partial charge in [0.2, 0.25) is 0 Å². The van der Waals surface area contributed by atoms with Crippen LogP contribution in [0.5, 0.6) is 0 Å². The molecule has 6 heteroatoms. The minimum absolute atomic E-state index is 0.0828. The number of hydrogen-bond donors (Lipinski definition) is 0. The lowest BCUT2D eigenvalue weighted by atomic mass is 9.89. The summed E-state index contributed by atoms with van der Waals surface area (Å²) in [5.41, 5.74) is 0.667.